The van der Waals surface area contributed by atoms with Gasteiger partial charge >= 0.3 is 0 Å². The van der Waals surface area contributed by atoms with E-state index in [-0.39, 0.29) is 11.7 Å². The van der Waals surface area contributed by atoms with Crippen LogP contribution in [0.2, 0.25) is 5.02 Å². The van der Waals surface area contributed by atoms with Crippen molar-refractivity contribution >= 4 is 34.2 Å². The fraction of sp³-hybridized carbons (Fsp3) is 0.286. The molecule has 0 spiro atoms. The first-order valence-electron chi connectivity index (χ1n) is 9.31. The molecule has 7 heteroatoms. The first-order valence-corrected chi connectivity index (χ1v) is 9.69. The van der Waals surface area contributed by atoms with Gasteiger partial charge in [-0.2, -0.15) is 0 Å². The minimum atomic E-state index is -0.344. The highest BCUT2D eigenvalue weighted by molar-refractivity contribution is 6.31. The molecule has 2 heterocycles. The number of carbonyl (C=O) groups excluding carboxylic acids is 1. The lowest BCUT2D eigenvalue weighted by Gasteiger charge is -2.36. The second-order valence-corrected chi connectivity index (χ2v) is 7.20. The molecule has 0 aliphatic carbocycles. The summed E-state index contributed by atoms with van der Waals surface area (Å²) < 4.78 is 13.1. The molecule has 4 rings (SSSR count). The number of piperazine rings is 1. The summed E-state index contributed by atoms with van der Waals surface area (Å²) in [7, 11) is 0. The Bertz CT molecular complexity index is 1020. The normalized spacial score (nSPS) is 14.5. The van der Waals surface area contributed by atoms with Crippen LogP contribution in [0.4, 0.5) is 10.2 Å². The van der Waals surface area contributed by atoms with Crippen molar-refractivity contribution in [3.63, 3.8) is 0 Å². The molecule has 0 radical (unpaired) electrons. The van der Waals surface area contributed by atoms with E-state index in [0.717, 1.165) is 29.0 Å². The van der Waals surface area contributed by atoms with E-state index in [0.29, 0.717) is 36.8 Å². The number of halogens is 2. The van der Waals surface area contributed by atoms with Crippen LogP contribution in [-0.2, 0) is 6.42 Å². The van der Waals surface area contributed by atoms with E-state index in [9.17, 15) is 9.18 Å². The highest BCUT2D eigenvalue weighted by Crippen LogP contribution is 2.27. The minimum Gasteiger partial charge on any atom is -0.352 e. The predicted molar refractivity (Wildman–Crippen MR) is 108 cm³/mol. The third kappa shape index (κ3) is 3.64. The summed E-state index contributed by atoms with van der Waals surface area (Å²) in [6.45, 7) is 4.53. The molecule has 1 fully saturated rings. The summed E-state index contributed by atoms with van der Waals surface area (Å²) in [5.74, 6) is 1.24. The first-order chi connectivity index (χ1) is 13.5. The van der Waals surface area contributed by atoms with Crippen LogP contribution >= 0.6 is 11.6 Å². The van der Waals surface area contributed by atoms with Gasteiger partial charge < -0.3 is 9.80 Å². The Labute approximate surface area is 167 Å². The SMILES string of the molecule is CCc1nc(N2CCN(C(=O)c3ccc(F)cc3)CC2)c2ccc(Cl)cc2n1. The molecule has 5 nitrogen and oxygen atoms in total. The van der Waals surface area contributed by atoms with Gasteiger partial charge in [0.25, 0.3) is 5.91 Å². The van der Waals surface area contributed by atoms with Gasteiger partial charge in [0, 0.05) is 48.6 Å². The average molecular weight is 399 g/mol. The topological polar surface area (TPSA) is 49.3 Å². The third-order valence-electron chi connectivity index (χ3n) is 4.96. The third-order valence-corrected chi connectivity index (χ3v) is 5.19. The molecule has 0 unspecified atom stereocenters. The second kappa shape index (κ2) is 7.72. The molecule has 2 aromatic carbocycles. The quantitative estimate of drug-likeness (QED) is 0.670. The first kappa shape index (κ1) is 18.6. The molecule has 0 atom stereocenters. The van der Waals surface area contributed by atoms with Crippen molar-refractivity contribution in [2.24, 2.45) is 0 Å². The van der Waals surface area contributed by atoms with E-state index in [4.69, 9.17) is 16.6 Å². The van der Waals surface area contributed by atoms with E-state index in [1.165, 1.54) is 24.3 Å². The molecule has 1 aliphatic heterocycles. The van der Waals surface area contributed by atoms with E-state index in [2.05, 4.69) is 9.88 Å². The number of hydrogen-bond acceptors (Lipinski definition) is 4. The summed E-state index contributed by atoms with van der Waals surface area (Å²) in [5, 5.41) is 1.61. The fourth-order valence-electron chi connectivity index (χ4n) is 3.43. The van der Waals surface area contributed by atoms with Crippen LogP contribution in [0.3, 0.4) is 0 Å². The van der Waals surface area contributed by atoms with Crippen molar-refractivity contribution in [1.82, 2.24) is 14.9 Å². The lowest BCUT2D eigenvalue weighted by atomic mass is 10.1. The molecule has 0 N–H and O–H groups in total. The van der Waals surface area contributed by atoms with E-state index >= 15 is 0 Å². The number of aromatic nitrogens is 2. The minimum absolute atomic E-state index is 0.0757. The number of nitrogens with zero attached hydrogens (tertiary/aromatic N) is 4. The standard InChI is InChI=1S/C21H20ClFN4O/c1-2-19-24-18-13-15(22)5-8-17(18)20(25-19)26-9-11-27(12-10-26)21(28)14-3-6-16(23)7-4-14/h3-8,13H,2,9-12H2,1H3. The van der Waals surface area contributed by atoms with Crippen LogP contribution < -0.4 is 4.90 Å². The van der Waals surface area contributed by atoms with Gasteiger partial charge in [0.05, 0.1) is 5.52 Å². The van der Waals surface area contributed by atoms with Gasteiger partial charge in [0.15, 0.2) is 0 Å². The van der Waals surface area contributed by atoms with Gasteiger partial charge in [-0.05, 0) is 42.5 Å². The molecule has 0 saturated carbocycles. The number of hydrogen-bond donors (Lipinski definition) is 0. The molecule has 0 bridgehead atoms. The summed E-state index contributed by atoms with van der Waals surface area (Å²) in [4.78, 5) is 26.0. The molecule has 28 heavy (non-hydrogen) atoms. The summed E-state index contributed by atoms with van der Waals surface area (Å²) in [6.07, 6.45) is 0.735. The Morgan fingerprint density at radius 3 is 2.46 bits per heavy atom. The predicted octanol–water partition coefficient (Wildman–Crippen LogP) is 3.95. The van der Waals surface area contributed by atoms with Gasteiger partial charge in [-0.1, -0.05) is 18.5 Å². The van der Waals surface area contributed by atoms with Gasteiger partial charge in [0.1, 0.15) is 17.5 Å². The van der Waals surface area contributed by atoms with Crippen molar-refractivity contribution in [3.8, 4) is 0 Å². The summed E-state index contributed by atoms with van der Waals surface area (Å²) in [5.41, 5.74) is 1.34. The smallest absolute Gasteiger partial charge is 0.253 e. The highest BCUT2D eigenvalue weighted by Gasteiger charge is 2.24. The Balaban J connectivity index is 1.55. The maximum atomic E-state index is 13.1. The molecule has 1 aliphatic rings. The lowest BCUT2D eigenvalue weighted by Crippen LogP contribution is -2.49. The zero-order chi connectivity index (χ0) is 19.7. The van der Waals surface area contributed by atoms with Crippen LogP contribution in [0.1, 0.15) is 23.1 Å². The molecule has 1 aromatic heterocycles. The van der Waals surface area contributed by atoms with E-state index in [1.807, 2.05) is 25.1 Å². The fourth-order valence-corrected chi connectivity index (χ4v) is 3.59. The number of aryl methyl sites for hydroxylation is 1. The van der Waals surface area contributed by atoms with Crippen molar-refractivity contribution < 1.29 is 9.18 Å². The largest absolute Gasteiger partial charge is 0.352 e. The Kier molecular flexibility index (Phi) is 5.13. The summed E-state index contributed by atoms with van der Waals surface area (Å²) >= 11 is 6.13. The van der Waals surface area contributed by atoms with Gasteiger partial charge in [-0.3, -0.25) is 4.79 Å². The van der Waals surface area contributed by atoms with Crippen molar-refractivity contribution in [3.05, 3.63) is 64.7 Å². The van der Waals surface area contributed by atoms with Crippen LogP contribution in [-0.4, -0.2) is 47.0 Å². The monoisotopic (exact) mass is 398 g/mol. The molecule has 1 amide bonds. The molecular formula is C21H20ClFN4O. The summed E-state index contributed by atoms with van der Waals surface area (Å²) in [6, 6.07) is 11.3. The number of benzene rings is 2. The van der Waals surface area contributed by atoms with Crippen LogP contribution in [0.15, 0.2) is 42.5 Å². The Morgan fingerprint density at radius 2 is 1.79 bits per heavy atom. The molecular weight excluding hydrogens is 379 g/mol. The van der Waals surface area contributed by atoms with Crippen molar-refractivity contribution in [1.29, 1.82) is 0 Å². The maximum absolute atomic E-state index is 13.1. The number of rotatable bonds is 3. The van der Waals surface area contributed by atoms with Gasteiger partial charge in [0.2, 0.25) is 0 Å². The zero-order valence-corrected chi connectivity index (χ0v) is 16.3. The van der Waals surface area contributed by atoms with Crippen molar-refractivity contribution in [2.75, 3.05) is 31.1 Å². The molecule has 3 aromatic rings. The maximum Gasteiger partial charge on any atom is 0.253 e. The molecule has 144 valence electrons. The van der Waals surface area contributed by atoms with Gasteiger partial charge in [-0.15, -0.1) is 0 Å². The van der Waals surface area contributed by atoms with E-state index in [1.54, 1.807) is 4.90 Å². The number of amides is 1. The number of fused-ring (bicyclic) bond motifs is 1. The second-order valence-electron chi connectivity index (χ2n) is 6.76. The Hall–Kier alpha value is -2.73. The lowest BCUT2D eigenvalue weighted by molar-refractivity contribution is 0.0746. The average Bonchev–Trinajstić information content (AvgIpc) is 2.73. The number of carbonyl (C=O) groups is 1. The van der Waals surface area contributed by atoms with Crippen LogP contribution in [0, 0.1) is 5.82 Å². The Morgan fingerprint density at radius 1 is 1.07 bits per heavy atom. The zero-order valence-electron chi connectivity index (χ0n) is 15.5. The van der Waals surface area contributed by atoms with Gasteiger partial charge in [-0.25, -0.2) is 14.4 Å². The van der Waals surface area contributed by atoms with Crippen LogP contribution in [0.5, 0.6) is 0 Å². The molecule has 1 saturated heterocycles. The highest BCUT2D eigenvalue weighted by atomic mass is 35.5. The number of anilines is 1. The van der Waals surface area contributed by atoms with E-state index < -0.39 is 0 Å². The van der Waals surface area contributed by atoms with Crippen LogP contribution in [0.25, 0.3) is 10.9 Å². The van der Waals surface area contributed by atoms with Crippen molar-refractivity contribution in [2.45, 2.75) is 13.3 Å².